The third-order valence-corrected chi connectivity index (χ3v) is 5.37. The molecule has 1 saturated heterocycles. The van der Waals surface area contributed by atoms with Gasteiger partial charge in [0.05, 0.1) is 0 Å². The maximum absolute atomic E-state index is 12.9. The van der Waals surface area contributed by atoms with Gasteiger partial charge in [0, 0.05) is 36.4 Å². The maximum Gasteiger partial charge on any atom is 0.322 e. The molecule has 2 aliphatic rings. The number of hydrogen-bond acceptors (Lipinski definition) is 3. The zero-order valence-corrected chi connectivity index (χ0v) is 16.0. The summed E-state index contributed by atoms with van der Waals surface area (Å²) in [7, 11) is 0. The summed E-state index contributed by atoms with van der Waals surface area (Å²) in [5, 5.41) is 12.7. The van der Waals surface area contributed by atoms with Gasteiger partial charge in [-0.2, -0.15) is 0 Å². The first-order valence-corrected chi connectivity index (χ1v) is 9.79. The van der Waals surface area contributed by atoms with Gasteiger partial charge in [0.25, 0.3) is 0 Å². The average Bonchev–Trinajstić information content (AvgIpc) is 3.44. The third kappa shape index (κ3) is 3.96. The van der Waals surface area contributed by atoms with Crippen LogP contribution in [0.1, 0.15) is 38.2 Å². The standard InChI is InChI=1S/C22H25N3O3/c1-15-8-11-21(27)25(15)19-6-3-5-17(13-19)23-22(28)24(18-9-10-18)14-16-4-2-7-20(26)12-16/h2-7,12-13,15,18,26H,8-11,14H2,1H3,(H,23,28). The molecule has 1 aliphatic carbocycles. The Hall–Kier alpha value is -3.02. The van der Waals surface area contributed by atoms with Crippen LogP contribution in [0, 0.1) is 0 Å². The van der Waals surface area contributed by atoms with Gasteiger partial charge in [-0.15, -0.1) is 0 Å². The van der Waals surface area contributed by atoms with Gasteiger partial charge >= 0.3 is 6.03 Å². The number of amides is 3. The lowest BCUT2D eigenvalue weighted by Gasteiger charge is -2.25. The number of rotatable bonds is 5. The van der Waals surface area contributed by atoms with Crippen molar-refractivity contribution in [2.75, 3.05) is 10.2 Å². The molecule has 6 nitrogen and oxygen atoms in total. The van der Waals surface area contributed by atoms with Gasteiger partial charge in [-0.25, -0.2) is 4.79 Å². The van der Waals surface area contributed by atoms with Crippen LogP contribution < -0.4 is 10.2 Å². The zero-order valence-electron chi connectivity index (χ0n) is 16.0. The summed E-state index contributed by atoms with van der Waals surface area (Å²) in [5.74, 6) is 0.324. The Morgan fingerprint density at radius 3 is 2.64 bits per heavy atom. The van der Waals surface area contributed by atoms with Gasteiger partial charge < -0.3 is 20.2 Å². The van der Waals surface area contributed by atoms with Gasteiger partial charge in [-0.3, -0.25) is 4.79 Å². The molecule has 0 bridgehead atoms. The summed E-state index contributed by atoms with van der Waals surface area (Å²) in [4.78, 5) is 28.7. The molecule has 0 aromatic heterocycles. The number of urea groups is 1. The lowest BCUT2D eigenvalue weighted by atomic mass is 10.2. The van der Waals surface area contributed by atoms with E-state index in [4.69, 9.17) is 0 Å². The molecule has 2 fully saturated rings. The highest BCUT2D eigenvalue weighted by Gasteiger charge is 2.33. The fourth-order valence-electron chi connectivity index (χ4n) is 3.76. The molecule has 4 rings (SSSR count). The molecule has 146 valence electrons. The SMILES string of the molecule is CC1CCC(=O)N1c1cccc(NC(=O)N(Cc2cccc(O)c2)C2CC2)c1. The maximum atomic E-state index is 12.9. The number of nitrogens with zero attached hydrogens (tertiary/aromatic N) is 2. The molecule has 28 heavy (non-hydrogen) atoms. The number of carbonyl (C=O) groups is 2. The van der Waals surface area contributed by atoms with E-state index in [0.717, 1.165) is 30.5 Å². The summed E-state index contributed by atoms with van der Waals surface area (Å²) < 4.78 is 0. The van der Waals surface area contributed by atoms with Crippen LogP contribution in [0.25, 0.3) is 0 Å². The lowest BCUT2D eigenvalue weighted by Crippen LogP contribution is -2.36. The van der Waals surface area contributed by atoms with Crippen molar-refractivity contribution in [3.8, 4) is 5.75 Å². The van der Waals surface area contributed by atoms with Crippen LogP contribution >= 0.6 is 0 Å². The van der Waals surface area contributed by atoms with Crippen LogP contribution in [0.4, 0.5) is 16.2 Å². The quantitative estimate of drug-likeness (QED) is 0.821. The van der Waals surface area contributed by atoms with Crippen molar-refractivity contribution >= 4 is 23.3 Å². The summed E-state index contributed by atoms with van der Waals surface area (Å²) >= 11 is 0. The predicted molar refractivity (Wildman–Crippen MR) is 108 cm³/mol. The number of hydrogen-bond donors (Lipinski definition) is 2. The fraction of sp³-hybridized carbons (Fsp3) is 0.364. The van der Waals surface area contributed by atoms with Gasteiger partial charge in [-0.1, -0.05) is 18.2 Å². The number of phenols is 1. The number of aromatic hydroxyl groups is 1. The molecule has 1 unspecified atom stereocenters. The van der Waals surface area contributed by atoms with Gasteiger partial charge in [-0.05, 0) is 62.1 Å². The van der Waals surface area contributed by atoms with E-state index < -0.39 is 0 Å². The van der Waals surface area contributed by atoms with Crippen molar-refractivity contribution in [3.63, 3.8) is 0 Å². The highest BCUT2D eigenvalue weighted by atomic mass is 16.3. The number of phenolic OH excluding ortho intramolecular Hbond substituents is 1. The van der Waals surface area contributed by atoms with E-state index >= 15 is 0 Å². The third-order valence-electron chi connectivity index (χ3n) is 5.37. The highest BCUT2D eigenvalue weighted by molar-refractivity contribution is 5.97. The lowest BCUT2D eigenvalue weighted by molar-refractivity contribution is -0.117. The summed E-state index contributed by atoms with van der Waals surface area (Å²) in [6.45, 7) is 2.49. The van der Waals surface area contributed by atoms with E-state index in [9.17, 15) is 14.7 Å². The topological polar surface area (TPSA) is 72.9 Å². The van der Waals surface area contributed by atoms with E-state index in [0.29, 0.717) is 18.7 Å². The Balaban J connectivity index is 1.49. The molecule has 6 heteroatoms. The fourth-order valence-corrected chi connectivity index (χ4v) is 3.76. The normalized spacial score (nSPS) is 19.0. The molecule has 1 heterocycles. The molecule has 2 N–H and O–H groups in total. The molecule has 2 aromatic carbocycles. The molecule has 1 atom stereocenters. The molecule has 0 radical (unpaired) electrons. The van der Waals surface area contributed by atoms with E-state index in [1.54, 1.807) is 23.1 Å². The first kappa shape index (κ1) is 18.3. The Labute approximate surface area is 164 Å². The number of carbonyl (C=O) groups excluding carboxylic acids is 2. The van der Waals surface area contributed by atoms with Crippen LogP contribution in [-0.4, -0.2) is 34.0 Å². The second-order valence-electron chi connectivity index (χ2n) is 7.66. The molecule has 1 aliphatic heterocycles. The molecular formula is C22H25N3O3. The van der Waals surface area contributed by atoms with Crippen molar-refractivity contribution in [2.24, 2.45) is 0 Å². The van der Waals surface area contributed by atoms with Crippen molar-refractivity contribution < 1.29 is 14.7 Å². The van der Waals surface area contributed by atoms with E-state index in [1.165, 1.54) is 0 Å². The van der Waals surface area contributed by atoms with Crippen molar-refractivity contribution in [1.29, 1.82) is 0 Å². The first-order chi connectivity index (χ1) is 13.5. The minimum Gasteiger partial charge on any atom is -0.508 e. The van der Waals surface area contributed by atoms with Crippen molar-refractivity contribution in [2.45, 2.75) is 51.2 Å². The Morgan fingerprint density at radius 1 is 1.18 bits per heavy atom. The molecule has 1 saturated carbocycles. The molecular weight excluding hydrogens is 354 g/mol. The highest BCUT2D eigenvalue weighted by Crippen LogP contribution is 2.31. The van der Waals surface area contributed by atoms with Gasteiger partial charge in [0.2, 0.25) is 5.91 Å². The smallest absolute Gasteiger partial charge is 0.322 e. The Kier molecular flexibility index (Phi) is 4.94. The van der Waals surface area contributed by atoms with Gasteiger partial charge in [0.1, 0.15) is 5.75 Å². The van der Waals surface area contributed by atoms with Crippen LogP contribution in [0.5, 0.6) is 5.75 Å². The van der Waals surface area contributed by atoms with Crippen molar-refractivity contribution in [1.82, 2.24) is 4.90 Å². The minimum atomic E-state index is -0.163. The van der Waals surface area contributed by atoms with Crippen LogP contribution in [-0.2, 0) is 11.3 Å². The monoisotopic (exact) mass is 379 g/mol. The number of nitrogens with one attached hydrogen (secondary N) is 1. The van der Waals surface area contributed by atoms with Crippen LogP contribution in [0.15, 0.2) is 48.5 Å². The van der Waals surface area contributed by atoms with E-state index in [1.807, 2.05) is 42.2 Å². The van der Waals surface area contributed by atoms with E-state index in [2.05, 4.69) is 5.32 Å². The van der Waals surface area contributed by atoms with Crippen LogP contribution in [0.2, 0.25) is 0 Å². The number of anilines is 2. The van der Waals surface area contributed by atoms with Crippen molar-refractivity contribution in [3.05, 3.63) is 54.1 Å². The Morgan fingerprint density at radius 2 is 1.96 bits per heavy atom. The summed E-state index contributed by atoms with van der Waals surface area (Å²) in [5.41, 5.74) is 2.39. The van der Waals surface area contributed by atoms with E-state index in [-0.39, 0.29) is 29.8 Å². The second kappa shape index (κ2) is 7.54. The Bertz CT molecular complexity index is 894. The summed E-state index contributed by atoms with van der Waals surface area (Å²) in [6, 6.07) is 14.7. The first-order valence-electron chi connectivity index (χ1n) is 9.79. The zero-order chi connectivity index (χ0) is 19.7. The van der Waals surface area contributed by atoms with Gasteiger partial charge in [0.15, 0.2) is 0 Å². The summed E-state index contributed by atoms with van der Waals surface area (Å²) in [6.07, 6.45) is 3.41. The van der Waals surface area contributed by atoms with Crippen LogP contribution in [0.3, 0.4) is 0 Å². The largest absolute Gasteiger partial charge is 0.508 e. The second-order valence-corrected chi connectivity index (χ2v) is 7.66. The predicted octanol–water partition coefficient (Wildman–Crippen LogP) is 4.10. The average molecular weight is 379 g/mol. The number of benzene rings is 2. The minimum absolute atomic E-state index is 0.125. The molecule has 3 amide bonds. The molecule has 0 spiro atoms. The molecule has 2 aromatic rings.